The minimum absolute atomic E-state index is 0.00774. The van der Waals surface area contributed by atoms with Crippen molar-refractivity contribution in [3.63, 3.8) is 0 Å². The van der Waals surface area contributed by atoms with E-state index in [1.807, 2.05) is 0 Å². The number of nitrogens with zero attached hydrogens (tertiary/aromatic N) is 6. The predicted octanol–water partition coefficient (Wildman–Crippen LogP) is 4.85. The molecule has 4 fully saturated rings. The Kier molecular flexibility index (Phi) is 7.24. The van der Waals surface area contributed by atoms with Crippen molar-refractivity contribution in [1.29, 1.82) is 5.26 Å². The van der Waals surface area contributed by atoms with E-state index in [0.717, 1.165) is 63.2 Å². The molecule has 1 aliphatic carbocycles. The Bertz CT molecular complexity index is 1880. The summed E-state index contributed by atoms with van der Waals surface area (Å²) in [6.45, 7) is 8.69. The molecule has 4 aliphatic rings. The molecule has 3 saturated heterocycles. The lowest BCUT2D eigenvalue weighted by Crippen LogP contribution is -2.51. The predicted molar refractivity (Wildman–Crippen MR) is 173 cm³/mol. The zero-order valence-corrected chi connectivity index (χ0v) is 26.7. The molecule has 0 spiro atoms. The highest BCUT2D eigenvalue weighted by molar-refractivity contribution is 7.23. The van der Waals surface area contributed by atoms with Gasteiger partial charge in [0.05, 0.1) is 35.0 Å². The number of halogens is 2. The van der Waals surface area contributed by atoms with Crippen molar-refractivity contribution in [2.45, 2.75) is 63.8 Å². The molecule has 0 amide bonds. The van der Waals surface area contributed by atoms with Crippen LogP contribution >= 0.6 is 11.3 Å². The van der Waals surface area contributed by atoms with Crippen LogP contribution in [0.5, 0.6) is 6.01 Å². The summed E-state index contributed by atoms with van der Waals surface area (Å²) in [5, 5.41) is 14.4. The molecule has 4 atom stereocenters. The zero-order valence-electron chi connectivity index (χ0n) is 25.9. The first-order chi connectivity index (χ1) is 22.2. The van der Waals surface area contributed by atoms with Crippen molar-refractivity contribution in [2.24, 2.45) is 5.41 Å². The fourth-order valence-electron chi connectivity index (χ4n) is 7.35. The van der Waals surface area contributed by atoms with Gasteiger partial charge in [-0.05, 0) is 51.7 Å². The van der Waals surface area contributed by atoms with Crippen molar-refractivity contribution >= 4 is 43.1 Å². The van der Waals surface area contributed by atoms with E-state index in [2.05, 4.69) is 45.0 Å². The van der Waals surface area contributed by atoms with Crippen LogP contribution in [0.4, 0.5) is 19.6 Å². The molecule has 240 valence electrons. The second-order valence-corrected chi connectivity index (χ2v) is 14.6. The lowest BCUT2D eigenvalue weighted by molar-refractivity contribution is -0.0580. The number of piperazine rings is 1. The van der Waals surface area contributed by atoms with E-state index in [4.69, 9.17) is 20.2 Å². The van der Waals surface area contributed by atoms with Gasteiger partial charge in [-0.15, -0.1) is 11.3 Å². The Morgan fingerprint density at radius 2 is 1.96 bits per heavy atom. The number of nitrogens with one attached hydrogen (secondary N) is 1. The highest BCUT2D eigenvalue weighted by atomic mass is 32.1. The molecular formula is C33H36F2N8O2S. The molecule has 10 nitrogen and oxygen atoms in total. The van der Waals surface area contributed by atoms with Gasteiger partial charge in [-0.1, -0.05) is 0 Å². The average molecular weight is 647 g/mol. The lowest BCUT2D eigenvalue weighted by atomic mass is 10.0. The topological polar surface area (TPSA) is 125 Å². The van der Waals surface area contributed by atoms with E-state index < -0.39 is 11.6 Å². The van der Waals surface area contributed by atoms with E-state index in [-0.39, 0.29) is 55.0 Å². The molecule has 1 saturated carbocycles. The molecule has 0 radical (unpaired) electrons. The Labute approximate surface area is 269 Å². The molecule has 3 aliphatic heterocycles. The number of morpholine rings is 1. The van der Waals surface area contributed by atoms with Crippen LogP contribution in [0.1, 0.15) is 45.1 Å². The molecule has 2 bridgehead atoms. The summed E-state index contributed by atoms with van der Waals surface area (Å²) in [7, 11) is 0. The van der Waals surface area contributed by atoms with Crippen LogP contribution in [0.2, 0.25) is 0 Å². The Hall–Kier alpha value is -3.70. The van der Waals surface area contributed by atoms with E-state index >= 15 is 4.39 Å². The van der Waals surface area contributed by atoms with Crippen LogP contribution in [-0.2, 0) is 4.74 Å². The molecule has 3 aromatic heterocycles. The number of pyridine rings is 1. The number of anilines is 2. The summed E-state index contributed by atoms with van der Waals surface area (Å²) in [6, 6.07) is 5.88. The van der Waals surface area contributed by atoms with Crippen LogP contribution in [0.25, 0.3) is 32.2 Å². The fourth-order valence-corrected chi connectivity index (χ4v) is 8.30. The van der Waals surface area contributed by atoms with Crippen molar-refractivity contribution in [2.75, 3.05) is 50.0 Å². The van der Waals surface area contributed by atoms with Crippen LogP contribution in [0, 0.1) is 28.4 Å². The summed E-state index contributed by atoms with van der Waals surface area (Å²) in [5.41, 5.74) is 6.50. The summed E-state index contributed by atoms with van der Waals surface area (Å²) >= 11 is 0.967. The summed E-state index contributed by atoms with van der Waals surface area (Å²) < 4.78 is 43.9. The van der Waals surface area contributed by atoms with Gasteiger partial charge in [0, 0.05) is 66.9 Å². The third kappa shape index (κ3) is 5.12. The number of nitrogen functional groups attached to an aromatic ring is 1. The minimum atomic E-state index is -0.678. The van der Waals surface area contributed by atoms with Crippen molar-refractivity contribution < 1.29 is 18.3 Å². The molecular weight excluding hydrogens is 610 g/mol. The van der Waals surface area contributed by atoms with E-state index in [0.29, 0.717) is 42.5 Å². The highest BCUT2D eigenvalue weighted by Crippen LogP contribution is 2.47. The monoisotopic (exact) mass is 646 g/mol. The fraction of sp³-hybridized carbons (Fsp3) is 0.515. The van der Waals surface area contributed by atoms with Gasteiger partial charge in [0.25, 0.3) is 0 Å². The molecule has 1 aromatic carbocycles. The van der Waals surface area contributed by atoms with Crippen molar-refractivity contribution in [3.8, 4) is 23.3 Å². The van der Waals surface area contributed by atoms with E-state index in [9.17, 15) is 9.65 Å². The van der Waals surface area contributed by atoms with Crippen LogP contribution in [0.15, 0.2) is 18.3 Å². The maximum atomic E-state index is 16.7. The quantitative estimate of drug-likeness (QED) is 0.288. The molecule has 4 aromatic rings. The third-order valence-electron chi connectivity index (χ3n) is 10.1. The number of thiophene rings is 1. The number of nitriles is 1. The first-order valence-corrected chi connectivity index (χ1v) is 16.8. The molecule has 6 heterocycles. The smallest absolute Gasteiger partial charge is 0.319 e. The van der Waals surface area contributed by atoms with Gasteiger partial charge in [0.2, 0.25) is 0 Å². The van der Waals surface area contributed by atoms with Gasteiger partial charge in [-0.3, -0.25) is 9.88 Å². The van der Waals surface area contributed by atoms with Crippen LogP contribution in [0.3, 0.4) is 0 Å². The normalized spacial score (nSPS) is 25.7. The second kappa shape index (κ2) is 11.2. The second-order valence-electron chi connectivity index (χ2n) is 13.5. The van der Waals surface area contributed by atoms with Gasteiger partial charge in [-0.2, -0.15) is 15.2 Å². The first kappa shape index (κ1) is 29.7. The first-order valence-electron chi connectivity index (χ1n) is 16.0. The molecule has 2 unspecified atom stereocenters. The minimum Gasteiger partial charge on any atom is -0.463 e. The van der Waals surface area contributed by atoms with Gasteiger partial charge in [0.15, 0.2) is 5.82 Å². The molecule has 3 N–H and O–H groups in total. The Balaban J connectivity index is 1.19. The summed E-state index contributed by atoms with van der Waals surface area (Å²) in [5.74, 6) is -0.608. The molecule has 8 rings (SSSR count). The van der Waals surface area contributed by atoms with Crippen LogP contribution in [-0.4, -0.2) is 83.5 Å². The third-order valence-corrected chi connectivity index (χ3v) is 11.1. The maximum absolute atomic E-state index is 16.7. The average Bonchev–Trinajstić information content (AvgIpc) is 3.61. The Morgan fingerprint density at radius 1 is 1.17 bits per heavy atom. The number of fused-ring (bicyclic) bond motifs is 4. The highest BCUT2D eigenvalue weighted by Gasteiger charge is 2.46. The van der Waals surface area contributed by atoms with Crippen molar-refractivity contribution in [3.05, 3.63) is 35.5 Å². The zero-order chi connectivity index (χ0) is 31.7. The van der Waals surface area contributed by atoms with E-state index in [1.165, 1.54) is 12.1 Å². The lowest BCUT2D eigenvalue weighted by Gasteiger charge is -2.38. The summed E-state index contributed by atoms with van der Waals surface area (Å²) in [4.78, 5) is 18.7. The maximum Gasteiger partial charge on any atom is 0.319 e. The SMILES string of the molecule is C[C@@H]1CO[C@@H](C)CN1CC1(COc2nc(N3CC4CCC(C3)N4)c3cnc(-c4ccc(F)c5sc(N)c(C#N)c45)c(F)c3n2)CC1. The number of nitrogens with two attached hydrogens (primary N) is 1. The standard InChI is InChI=1S/C33H36F2N8O2S/c1-17-14-44-18(2)11-43(17)15-33(7-8-33)16-45-32-40-28-23(31(41-32)42-12-19-3-4-20(13-42)39-19)10-38-27(26(28)35)21-5-6-24(34)29-25(21)22(9-36)30(37)46-29/h5-6,10,17-20,39H,3-4,7-8,11-16,37H2,1-2H3/t17-,18+,19?,20?/m1/s1. The molecule has 13 heteroatoms. The van der Waals surface area contributed by atoms with Gasteiger partial charge >= 0.3 is 6.01 Å². The largest absolute Gasteiger partial charge is 0.463 e. The van der Waals surface area contributed by atoms with Gasteiger partial charge in [0.1, 0.15) is 33.9 Å². The number of rotatable bonds is 7. The Morgan fingerprint density at radius 3 is 2.70 bits per heavy atom. The molecule has 46 heavy (non-hydrogen) atoms. The van der Waals surface area contributed by atoms with Gasteiger partial charge in [-0.25, -0.2) is 8.78 Å². The summed E-state index contributed by atoms with van der Waals surface area (Å²) in [6.07, 6.45) is 6.02. The number of hydrogen-bond acceptors (Lipinski definition) is 11. The number of benzene rings is 1. The van der Waals surface area contributed by atoms with E-state index in [1.54, 1.807) is 6.20 Å². The number of hydrogen-bond donors (Lipinski definition) is 2. The number of aromatic nitrogens is 3. The number of ether oxygens (including phenoxy) is 2. The van der Waals surface area contributed by atoms with Crippen molar-refractivity contribution in [1.82, 2.24) is 25.2 Å². The van der Waals surface area contributed by atoms with Gasteiger partial charge < -0.3 is 25.4 Å². The van der Waals surface area contributed by atoms with Crippen LogP contribution < -0.4 is 20.7 Å².